The van der Waals surface area contributed by atoms with Crippen LogP contribution in [0.4, 0.5) is 11.4 Å². The summed E-state index contributed by atoms with van der Waals surface area (Å²) in [6, 6.07) is 12.8. The fourth-order valence-electron chi connectivity index (χ4n) is 2.35. The van der Waals surface area contributed by atoms with Crippen LogP contribution in [0.15, 0.2) is 69.2 Å². The molecule has 2 N–H and O–H groups in total. The topological polar surface area (TPSA) is 131 Å². The van der Waals surface area contributed by atoms with Crippen LogP contribution in [-0.2, 0) is 0 Å². The van der Waals surface area contributed by atoms with Crippen LogP contribution >= 0.6 is 0 Å². The lowest BCUT2D eigenvalue weighted by Gasteiger charge is -2.14. The average molecular weight is 398 g/mol. The Kier molecular flexibility index (Phi) is 7.78. The van der Waals surface area contributed by atoms with Crippen LogP contribution in [-0.4, -0.2) is 59.4 Å². The SMILES string of the molecule is CN(CCCN(C)N=Nc1ccccc1C(=O)O)N=Nc1ccccc1C(=O)O. The van der Waals surface area contributed by atoms with E-state index in [1.54, 1.807) is 60.5 Å². The van der Waals surface area contributed by atoms with Crippen molar-refractivity contribution in [3.63, 3.8) is 0 Å². The Labute approximate surface area is 167 Å². The smallest absolute Gasteiger partial charge is 0.337 e. The zero-order valence-corrected chi connectivity index (χ0v) is 16.1. The molecule has 10 heteroatoms. The number of rotatable bonds is 10. The highest BCUT2D eigenvalue weighted by Gasteiger charge is 2.09. The van der Waals surface area contributed by atoms with Gasteiger partial charge in [-0.15, -0.1) is 10.2 Å². The number of carbonyl (C=O) groups is 2. The second kappa shape index (κ2) is 10.5. The summed E-state index contributed by atoms with van der Waals surface area (Å²) in [7, 11) is 3.47. The van der Waals surface area contributed by atoms with E-state index in [1.807, 2.05) is 0 Å². The first kappa shape index (κ1) is 21.5. The zero-order chi connectivity index (χ0) is 21.2. The monoisotopic (exact) mass is 398 g/mol. The first-order valence-corrected chi connectivity index (χ1v) is 8.78. The standard InChI is InChI=1S/C19H22N6O4/c1-24(22-20-16-10-5-3-8-14(16)18(26)27)12-7-13-25(2)23-21-17-11-6-4-9-15(17)19(28)29/h3-6,8-11H,7,12-13H2,1-2H3,(H,26,27)(H,28,29). The minimum atomic E-state index is -1.06. The van der Waals surface area contributed by atoms with Crippen LogP contribution in [0.1, 0.15) is 27.1 Å². The molecule has 0 aliphatic carbocycles. The van der Waals surface area contributed by atoms with Gasteiger partial charge in [0.2, 0.25) is 0 Å². The third-order valence-electron chi connectivity index (χ3n) is 3.84. The highest BCUT2D eigenvalue weighted by atomic mass is 16.4. The van der Waals surface area contributed by atoms with Crippen molar-refractivity contribution < 1.29 is 19.8 Å². The van der Waals surface area contributed by atoms with Crippen molar-refractivity contribution in [2.24, 2.45) is 20.7 Å². The van der Waals surface area contributed by atoms with E-state index in [2.05, 4.69) is 20.7 Å². The normalized spacial score (nSPS) is 11.1. The van der Waals surface area contributed by atoms with Crippen molar-refractivity contribution in [1.82, 2.24) is 10.0 Å². The van der Waals surface area contributed by atoms with E-state index in [9.17, 15) is 9.59 Å². The average Bonchev–Trinajstić information content (AvgIpc) is 2.71. The molecule has 0 bridgehead atoms. The Morgan fingerprint density at radius 1 is 0.759 bits per heavy atom. The van der Waals surface area contributed by atoms with Gasteiger partial charge in [-0.3, -0.25) is 10.0 Å². The molecule has 0 aliphatic heterocycles. The summed E-state index contributed by atoms with van der Waals surface area (Å²) < 4.78 is 0. The van der Waals surface area contributed by atoms with E-state index in [1.165, 1.54) is 12.1 Å². The van der Waals surface area contributed by atoms with Gasteiger partial charge in [0.25, 0.3) is 0 Å². The summed E-state index contributed by atoms with van der Waals surface area (Å²) in [6.07, 6.45) is 0.687. The van der Waals surface area contributed by atoms with E-state index < -0.39 is 11.9 Å². The number of carboxylic acids is 2. The predicted molar refractivity (Wildman–Crippen MR) is 106 cm³/mol. The second-order valence-corrected chi connectivity index (χ2v) is 6.14. The molecular weight excluding hydrogens is 376 g/mol. The molecule has 0 heterocycles. The van der Waals surface area contributed by atoms with Crippen LogP contribution in [0.2, 0.25) is 0 Å². The molecule has 29 heavy (non-hydrogen) atoms. The molecule has 0 radical (unpaired) electrons. The van der Waals surface area contributed by atoms with Gasteiger partial charge in [0.05, 0.1) is 11.1 Å². The van der Waals surface area contributed by atoms with E-state index in [0.29, 0.717) is 19.5 Å². The molecule has 2 rings (SSSR count). The lowest BCUT2D eigenvalue weighted by atomic mass is 10.2. The molecule has 0 saturated carbocycles. The largest absolute Gasteiger partial charge is 0.478 e. The van der Waals surface area contributed by atoms with Gasteiger partial charge in [-0.25, -0.2) is 9.59 Å². The molecule has 2 aromatic carbocycles. The van der Waals surface area contributed by atoms with Gasteiger partial charge in [0.15, 0.2) is 0 Å². The van der Waals surface area contributed by atoms with Gasteiger partial charge >= 0.3 is 11.9 Å². The number of benzene rings is 2. The Morgan fingerprint density at radius 3 is 1.52 bits per heavy atom. The molecule has 0 aromatic heterocycles. The molecule has 0 amide bonds. The second-order valence-electron chi connectivity index (χ2n) is 6.14. The zero-order valence-electron chi connectivity index (χ0n) is 16.1. The van der Waals surface area contributed by atoms with Crippen LogP contribution in [0.3, 0.4) is 0 Å². The van der Waals surface area contributed by atoms with Gasteiger partial charge in [0.1, 0.15) is 11.4 Å². The first-order valence-electron chi connectivity index (χ1n) is 8.78. The molecule has 10 nitrogen and oxygen atoms in total. The fraction of sp³-hybridized carbons (Fsp3) is 0.263. The van der Waals surface area contributed by atoms with Gasteiger partial charge in [-0.1, -0.05) is 34.7 Å². The third-order valence-corrected chi connectivity index (χ3v) is 3.84. The highest BCUT2D eigenvalue weighted by Crippen LogP contribution is 2.20. The summed E-state index contributed by atoms with van der Waals surface area (Å²) in [4.78, 5) is 22.3. The van der Waals surface area contributed by atoms with Gasteiger partial charge in [-0.05, 0) is 30.7 Å². The summed E-state index contributed by atoms with van der Waals surface area (Å²) in [5, 5.41) is 37.5. The van der Waals surface area contributed by atoms with E-state index in [-0.39, 0.29) is 22.5 Å². The quantitative estimate of drug-likeness (QED) is 0.459. The Hall–Kier alpha value is -3.82. The van der Waals surface area contributed by atoms with Crippen LogP contribution < -0.4 is 0 Å². The fourth-order valence-corrected chi connectivity index (χ4v) is 2.35. The van der Waals surface area contributed by atoms with Crippen LogP contribution in [0.25, 0.3) is 0 Å². The molecule has 0 spiro atoms. The van der Waals surface area contributed by atoms with Gasteiger partial charge in [0, 0.05) is 27.2 Å². The van der Waals surface area contributed by atoms with E-state index in [4.69, 9.17) is 10.2 Å². The van der Waals surface area contributed by atoms with Crippen molar-refractivity contribution in [1.29, 1.82) is 0 Å². The molecular formula is C19H22N6O4. The maximum Gasteiger partial charge on any atom is 0.337 e. The predicted octanol–water partition coefficient (Wildman–Crippen LogP) is 4.03. The molecule has 152 valence electrons. The molecule has 0 unspecified atom stereocenters. The van der Waals surface area contributed by atoms with Crippen molar-refractivity contribution in [2.75, 3.05) is 27.2 Å². The van der Waals surface area contributed by atoms with Gasteiger partial charge in [-0.2, -0.15) is 0 Å². The van der Waals surface area contributed by atoms with Crippen molar-refractivity contribution in [3.05, 3.63) is 59.7 Å². The van der Waals surface area contributed by atoms with Crippen LogP contribution in [0, 0.1) is 0 Å². The van der Waals surface area contributed by atoms with E-state index in [0.717, 1.165) is 0 Å². The molecule has 0 saturated heterocycles. The molecule has 0 fully saturated rings. The summed E-state index contributed by atoms with van der Waals surface area (Å²) in [5.41, 5.74) is 0.752. The number of carboxylic acid groups (broad SMARTS) is 2. The van der Waals surface area contributed by atoms with Crippen molar-refractivity contribution >= 4 is 23.3 Å². The molecule has 0 atom stereocenters. The van der Waals surface area contributed by atoms with Crippen molar-refractivity contribution in [3.8, 4) is 0 Å². The summed E-state index contributed by atoms with van der Waals surface area (Å²) in [5.74, 6) is -2.11. The van der Waals surface area contributed by atoms with E-state index >= 15 is 0 Å². The van der Waals surface area contributed by atoms with Crippen molar-refractivity contribution in [2.45, 2.75) is 6.42 Å². The van der Waals surface area contributed by atoms with Crippen LogP contribution in [0.5, 0.6) is 0 Å². The number of hydrogen-bond donors (Lipinski definition) is 2. The Balaban J connectivity index is 1.84. The number of nitrogens with zero attached hydrogens (tertiary/aromatic N) is 6. The summed E-state index contributed by atoms with van der Waals surface area (Å²) in [6.45, 7) is 1.12. The Bertz CT molecular complexity index is 842. The third kappa shape index (κ3) is 6.69. The maximum absolute atomic E-state index is 11.2. The highest BCUT2D eigenvalue weighted by molar-refractivity contribution is 5.93. The molecule has 2 aromatic rings. The molecule has 0 aliphatic rings. The minimum Gasteiger partial charge on any atom is -0.478 e. The Morgan fingerprint density at radius 2 is 1.14 bits per heavy atom. The lowest BCUT2D eigenvalue weighted by molar-refractivity contribution is 0.0686. The number of aromatic carboxylic acids is 2. The lowest BCUT2D eigenvalue weighted by Crippen LogP contribution is -2.19. The minimum absolute atomic E-state index is 0.0893. The summed E-state index contributed by atoms with van der Waals surface area (Å²) >= 11 is 0. The number of hydrogen-bond acceptors (Lipinski definition) is 6. The first-order chi connectivity index (χ1) is 13.9. The van der Waals surface area contributed by atoms with Gasteiger partial charge < -0.3 is 10.2 Å². The maximum atomic E-state index is 11.2.